The summed E-state index contributed by atoms with van der Waals surface area (Å²) in [5.41, 5.74) is 7.40. The third kappa shape index (κ3) is 2.59. The Labute approximate surface area is 108 Å². The van der Waals surface area contributed by atoms with Crippen LogP contribution in [0.5, 0.6) is 0 Å². The van der Waals surface area contributed by atoms with E-state index in [1.807, 2.05) is 19.9 Å². The van der Waals surface area contributed by atoms with E-state index in [0.717, 1.165) is 22.8 Å². The number of aryl methyl sites for hydroxylation is 2. The van der Waals surface area contributed by atoms with Crippen LogP contribution >= 0.6 is 0 Å². The van der Waals surface area contributed by atoms with Crippen LogP contribution in [-0.2, 0) is 23.1 Å². The van der Waals surface area contributed by atoms with E-state index >= 15 is 0 Å². The number of hydrogen-bond donors (Lipinski definition) is 1. The Morgan fingerprint density at radius 2 is 2.22 bits per heavy atom. The summed E-state index contributed by atoms with van der Waals surface area (Å²) in [6.07, 6.45) is 1.49. The lowest BCUT2D eigenvalue weighted by Crippen LogP contribution is -2.07. The Balaban J connectivity index is 2.19. The van der Waals surface area contributed by atoms with Gasteiger partial charge in [0.25, 0.3) is 0 Å². The van der Waals surface area contributed by atoms with Gasteiger partial charge >= 0.3 is 0 Å². The van der Waals surface area contributed by atoms with Crippen molar-refractivity contribution in [1.82, 2.24) is 14.8 Å². The van der Waals surface area contributed by atoms with Crippen LogP contribution in [0.1, 0.15) is 18.3 Å². The van der Waals surface area contributed by atoms with Gasteiger partial charge in [0.15, 0.2) is 0 Å². The SMILES string of the molecule is CCn1ncnc1CS(=O)c1ccc(N)c(C)c1. The monoisotopic (exact) mass is 264 g/mol. The lowest BCUT2D eigenvalue weighted by molar-refractivity contribution is 0.627. The van der Waals surface area contributed by atoms with Gasteiger partial charge in [-0.15, -0.1) is 0 Å². The fourth-order valence-corrected chi connectivity index (χ4v) is 2.81. The van der Waals surface area contributed by atoms with Crippen LogP contribution < -0.4 is 5.73 Å². The number of hydrogen-bond acceptors (Lipinski definition) is 4. The van der Waals surface area contributed by atoms with Gasteiger partial charge in [0.1, 0.15) is 12.2 Å². The quantitative estimate of drug-likeness (QED) is 0.849. The molecule has 0 aliphatic heterocycles. The normalized spacial score (nSPS) is 12.6. The zero-order chi connectivity index (χ0) is 13.1. The van der Waals surface area contributed by atoms with Crippen LogP contribution in [-0.4, -0.2) is 19.0 Å². The Morgan fingerprint density at radius 1 is 1.44 bits per heavy atom. The van der Waals surface area contributed by atoms with Crippen LogP contribution in [0.2, 0.25) is 0 Å². The molecule has 6 heteroatoms. The number of anilines is 1. The summed E-state index contributed by atoms with van der Waals surface area (Å²) in [7, 11) is -1.12. The molecule has 1 aromatic heterocycles. The van der Waals surface area contributed by atoms with Crippen molar-refractivity contribution in [2.45, 2.75) is 31.0 Å². The topological polar surface area (TPSA) is 73.8 Å². The number of rotatable bonds is 4. The fraction of sp³-hybridized carbons (Fsp3) is 0.333. The zero-order valence-electron chi connectivity index (χ0n) is 10.5. The molecule has 0 fully saturated rings. The minimum atomic E-state index is -1.12. The molecule has 0 saturated carbocycles. The van der Waals surface area contributed by atoms with Gasteiger partial charge in [-0.1, -0.05) is 0 Å². The minimum absolute atomic E-state index is 0.372. The maximum absolute atomic E-state index is 12.2. The number of nitrogens with two attached hydrogens (primary N) is 1. The minimum Gasteiger partial charge on any atom is -0.399 e. The summed E-state index contributed by atoms with van der Waals surface area (Å²) in [6.45, 7) is 4.62. The van der Waals surface area contributed by atoms with Gasteiger partial charge in [-0.05, 0) is 37.6 Å². The molecule has 2 N–H and O–H groups in total. The largest absolute Gasteiger partial charge is 0.399 e. The summed E-state index contributed by atoms with van der Waals surface area (Å²) in [5.74, 6) is 1.11. The van der Waals surface area contributed by atoms with Gasteiger partial charge < -0.3 is 5.73 Å². The molecule has 0 bridgehead atoms. The lowest BCUT2D eigenvalue weighted by atomic mass is 10.2. The lowest BCUT2D eigenvalue weighted by Gasteiger charge is -2.06. The average molecular weight is 264 g/mol. The first-order valence-electron chi connectivity index (χ1n) is 5.73. The third-order valence-electron chi connectivity index (χ3n) is 2.76. The van der Waals surface area contributed by atoms with E-state index in [0.29, 0.717) is 11.4 Å². The highest BCUT2D eigenvalue weighted by molar-refractivity contribution is 7.84. The van der Waals surface area contributed by atoms with E-state index in [-0.39, 0.29) is 0 Å². The summed E-state index contributed by atoms with van der Waals surface area (Å²) >= 11 is 0. The van der Waals surface area contributed by atoms with E-state index in [1.165, 1.54) is 6.33 Å². The maximum Gasteiger partial charge on any atom is 0.139 e. The molecule has 0 radical (unpaired) electrons. The first-order chi connectivity index (χ1) is 8.61. The zero-order valence-corrected chi connectivity index (χ0v) is 11.3. The second-order valence-corrected chi connectivity index (χ2v) is 5.45. The number of benzene rings is 1. The molecule has 1 aromatic carbocycles. The number of nitrogens with zero attached hydrogens (tertiary/aromatic N) is 3. The standard InChI is InChI=1S/C12H16N4OS/c1-3-16-12(14-8-15-16)7-18(17)10-4-5-11(13)9(2)6-10/h4-6,8H,3,7,13H2,1-2H3. The summed E-state index contributed by atoms with van der Waals surface area (Å²) in [4.78, 5) is 4.90. The molecule has 0 spiro atoms. The van der Waals surface area contributed by atoms with Crippen molar-refractivity contribution in [3.05, 3.63) is 35.9 Å². The predicted octanol–water partition coefficient (Wildman–Crippen LogP) is 1.50. The van der Waals surface area contributed by atoms with Crippen LogP contribution in [0.15, 0.2) is 29.4 Å². The van der Waals surface area contributed by atoms with Crippen molar-refractivity contribution in [3.8, 4) is 0 Å². The van der Waals surface area contributed by atoms with Gasteiger partial charge in [0.2, 0.25) is 0 Å². The molecular weight excluding hydrogens is 248 g/mol. The van der Waals surface area contributed by atoms with Crippen LogP contribution in [0.4, 0.5) is 5.69 Å². The molecule has 2 rings (SSSR count). The smallest absolute Gasteiger partial charge is 0.139 e. The maximum atomic E-state index is 12.2. The third-order valence-corrected chi connectivity index (χ3v) is 4.06. The van der Waals surface area contributed by atoms with Crippen LogP contribution in [0.3, 0.4) is 0 Å². The molecule has 0 amide bonds. The second kappa shape index (κ2) is 5.30. The van der Waals surface area contributed by atoms with Gasteiger partial charge in [0.05, 0.1) is 16.6 Å². The Morgan fingerprint density at radius 3 is 2.89 bits per heavy atom. The van der Waals surface area contributed by atoms with Gasteiger partial charge in [-0.25, -0.2) is 9.67 Å². The molecule has 1 unspecified atom stereocenters. The molecule has 1 atom stereocenters. The van der Waals surface area contributed by atoms with E-state index in [9.17, 15) is 4.21 Å². The van der Waals surface area contributed by atoms with Gasteiger partial charge in [-0.3, -0.25) is 4.21 Å². The van der Waals surface area contributed by atoms with E-state index in [2.05, 4.69) is 10.1 Å². The van der Waals surface area contributed by atoms with Gasteiger partial charge in [-0.2, -0.15) is 5.10 Å². The highest BCUT2D eigenvalue weighted by atomic mass is 32.2. The molecule has 96 valence electrons. The molecule has 2 aromatic rings. The van der Waals surface area contributed by atoms with E-state index < -0.39 is 10.8 Å². The van der Waals surface area contributed by atoms with Crippen molar-refractivity contribution in [3.63, 3.8) is 0 Å². The Bertz CT molecular complexity index is 579. The molecule has 0 aliphatic carbocycles. The molecule has 5 nitrogen and oxygen atoms in total. The summed E-state index contributed by atoms with van der Waals surface area (Å²) < 4.78 is 14.0. The first-order valence-corrected chi connectivity index (χ1v) is 7.05. The average Bonchev–Trinajstić information content (AvgIpc) is 2.79. The highest BCUT2D eigenvalue weighted by Crippen LogP contribution is 2.17. The molecule has 0 aliphatic rings. The molecule has 0 saturated heterocycles. The van der Waals surface area contributed by atoms with Crippen molar-refractivity contribution in [2.75, 3.05) is 5.73 Å². The van der Waals surface area contributed by atoms with Crippen LogP contribution in [0, 0.1) is 6.92 Å². The van der Waals surface area contributed by atoms with E-state index in [1.54, 1.807) is 16.8 Å². The van der Waals surface area contributed by atoms with E-state index in [4.69, 9.17) is 5.73 Å². The Hall–Kier alpha value is -1.69. The van der Waals surface area contributed by atoms with Crippen molar-refractivity contribution in [1.29, 1.82) is 0 Å². The highest BCUT2D eigenvalue weighted by Gasteiger charge is 2.10. The van der Waals surface area contributed by atoms with Crippen molar-refractivity contribution >= 4 is 16.5 Å². The van der Waals surface area contributed by atoms with Crippen molar-refractivity contribution in [2.24, 2.45) is 0 Å². The predicted molar refractivity (Wildman–Crippen MR) is 71.4 cm³/mol. The number of aromatic nitrogens is 3. The molecule has 1 heterocycles. The number of nitrogen functional groups attached to an aromatic ring is 1. The Kier molecular flexibility index (Phi) is 3.76. The molecule has 18 heavy (non-hydrogen) atoms. The van der Waals surface area contributed by atoms with Crippen molar-refractivity contribution < 1.29 is 4.21 Å². The second-order valence-electron chi connectivity index (χ2n) is 4.00. The molecular formula is C12H16N4OS. The first kappa shape index (κ1) is 12.8. The van der Waals surface area contributed by atoms with Gasteiger partial charge in [0, 0.05) is 17.1 Å². The fourth-order valence-electron chi connectivity index (χ4n) is 1.65. The summed E-state index contributed by atoms with van der Waals surface area (Å²) in [6, 6.07) is 5.44. The van der Waals surface area contributed by atoms with Crippen LogP contribution in [0.25, 0.3) is 0 Å². The summed E-state index contributed by atoms with van der Waals surface area (Å²) in [5, 5.41) is 4.06.